The van der Waals surface area contributed by atoms with Crippen LogP contribution in [0, 0.1) is 46.3 Å². The molecule has 6 nitrogen and oxygen atoms in total. The molecule has 162 valence electrons. The van der Waals surface area contributed by atoms with Crippen molar-refractivity contribution in [3.63, 3.8) is 0 Å². The molecule has 6 heteroatoms. The van der Waals surface area contributed by atoms with Crippen LogP contribution in [0.1, 0.15) is 65.2 Å². The van der Waals surface area contributed by atoms with E-state index >= 15 is 0 Å². The molecule has 4 aliphatic carbocycles. The zero-order valence-corrected chi connectivity index (χ0v) is 17.4. The lowest BCUT2D eigenvalue weighted by atomic mass is 9.43. The van der Waals surface area contributed by atoms with E-state index in [-0.39, 0.29) is 29.1 Å². The number of allylic oxidation sites excluding steroid dienone is 1. The van der Waals surface area contributed by atoms with E-state index in [1.54, 1.807) is 0 Å². The predicted octanol–water partition coefficient (Wildman–Crippen LogP) is 3.28. The fourth-order valence-corrected chi connectivity index (χ4v) is 8.14. The summed E-state index contributed by atoms with van der Waals surface area (Å²) in [5.41, 5.74) is 0.457. The molecule has 0 aromatic carbocycles. The van der Waals surface area contributed by atoms with Crippen molar-refractivity contribution in [3.05, 3.63) is 11.6 Å². The first-order valence-corrected chi connectivity index (χ1v) is 11.1. The van der Waals surface area contributed by atoms with Gasteiger partial charge in [0.2, 0.25) is 0 Å². The van der Waals surface area contributed by atoms with Gasteiger partial charge in [-0.15, -0.1) is 0 Å². The summed E-state index contributed by atoms with van der Waals surface area (Å²) in [6.07, 6.45) is 6.65. The largest absolute Gasteiger partial charge is 0.481 e. The molecule has 4 N–H and O–H groups in total. The third kappa shape index (κ3) is 2.97. The number of carboxylic acids is 2. The van der Waals surface area contributed by atoms with Gasteiger partial charge in [-0.05, 0) is 74.0 Å². The van der Waals surface area contributed by atoms with Crippen LogP contribution in [0.15, 0.2) is 11.6 Å². The average Bonchev–Trinajstić information content (AvgIpc) is 2.95. The molecular formula is C23H34O6. The van der Waals surface area contributed by atoms with Crippen LogP contribution in [0.2, 0.25) is 0 Å². The van der Waals surface area contributed by atoms with E-state index in [1.165, 1.54) is 0 Å². The van der Waals surface area contributed by atoms with Gasteiger partial charge in [-0.25, -0.2) is 0 Å². The maximum Gasteiger partial charge on any atom is 0.310 e. The second kappa shape index (κ2) is 7.09. The van der Waals surface area contributed by atoms with Crippen molar-refractivity contribution >= 4 is 11.9 Å². The maximum atomic E-state index is 12.3. The average molecular weight is 407 g/mol. The lowest BCUT2D eigenvalue weighted by Crippen LogP contribution is -2.57. The number of hydrogen-bond donors (Lipinski definition) is 4. The summed E-state index contributed by atoms with van der Waals surface area (Å²) in [4.78, 5) is 24.5. The zero-order valence-electron chi connectivity index (χ0n) is 17.4. The highest BCUT2D eigenvalue weighted by Gasteiger charge is 2.63. The quantitative estimate of drug-likeness (QED) is 0.421. The first kappa shape index (κ1) is 20.9. The van der Waals surface area contributed by atoms with E-state index in [0.717, 1.165) is 44.1 Å². The number of hydrogen-bond acceptors (Lipinski definition) is 4. The standard InChI is InChI=1S/C23H34O6/c1-22-9-8-16-19(15(22)7-6-12(22)11-18(24)25)14(20(26)27)10-13-4-3-5-17(21(28)29)23(13,16)2/h10,12,14-19,24-25H,3-9,11H2,1-2H3,(H,26,27)(H,28,29)/t12-,14?,15+,16+,17?,19+,22-,23+/m1/s1. The molecule has 0 aliphatic heterocycles. The summed E-state index contributed by atoms with van der Waals surface area (Å²) in [5, 5.41) is 39.2. The maximum absolute atomic E-state index is 12.3. The van der Waals surface area contributed by atoms with E-state index in [9.17, 15) is 30.0 Å². The normalized spacial score (nSPS) is 46.4. The van der Waals surface area contributed by atoms with Gasteiger partial charge in [-0.2, -0.15) is 0 Å². The second-order valence-electron chi connectivity index (χ2n) is 10.4. The van der Waals surface area contributed by atoms with E-state index in [4.69, 9.17) is 0 Å². The molecule has 3 saturated carbocycles. The second-order valence-corrected chi connectivity index (χ2v) is 10.4. The van der Waals surface area contributed by atoms with Crippen LogP contribution >= 0.6 is 0 Å². The van der Waals surface area contributed by atoms with Crippen molar-refractivity contribution in [2.45, 2.75) is 71.5 Å². The third-order valence-electron chi connectivity index (χ3n) is 9.53. The molecule has 29 heavy (non-hydrogen) atoms. The Morgan fingerprint density at radius 3 is 2.41 bits per heavy atom. The molecule has 0 aromatic rings. The molecule has 0 radical (unpaired) electrons. The number of fused-ring (bicyclic) bond motifs is 5. The Morgan fingerprint density at radius 2 is 1.79 bits per heavy atom. The van der Waals surface area contributed by atoms with E-state index in [1.807, 2.05) is 6.08 Å². The van der Waals surface area contributed by atoms with Crippen LogP contribution < -0.4 is 0 Å². The van der Waals surface area contributed by atoms with Gasteiger partial charge in [-0.1, -0.05) is 25.5 Å². The van der Waals surface area contributed by atoms with Crippen molar-refractivity contribution in [2.24, 2.45) is 46.3 Å². The smallest absolute Gasteiger partial charge is 0.310 e. The molecule has 8 atom stereocenters. The Balaban J connectivity index is 1.78. The summed E-state index contributed by atoms with van der Waals surface area (Å²) in [7, 11) is 0. The first-order chi connectivity index (χ1) is 13.6. The highest BCUT2D eigenvalue weighted by atomic mass is 16.5. The molecule has 0 spiro atoms. The van der Waals surface area contributed by atoms with Gasteiger partial charge < -0.3 is 20.4 Å². The van der Waals surface area contributed by atoms with Crippen molar-refractivity contribution in [3.8, 4) is 0 Å². The van der Waals surface area contributed by atoms with Gasteiger partial charge in [0, 0.05) is 11.8 Å². The summed E-state index contributed by atoms with van der Waals surface area (Å²) < 4.78 is 0. The summed E-state index contributed by atoms with van der Waals surface area (Å²) in [6.45, 7) is 4.28. The molecule has 0 bridgehead atoms. The molecule has 4 aliphatic rings. The van der Waals surface area contributed by atoms with Gasteiger partial charge in [0.05, 0.1) is 11.8 Å². The number of aliphatic hydroxyl groups excluding tert-OH is 1. The third-order valence-corrected chi connectivity index (χ3v) is 9.53. The van der Waals surface area contributed by atoms with Crippen molar-refractivity contribution in [2.75, 3.05) is 0 Å². The topological polar surface area (TPSA) is 115 Å². The first-order valence-electron chi connectivity index (χ1n) is 11.1. The summed E-state index contributed by atoms with van der Waals surface area (Å²) in [5.74, 6) is -2.27. The minimum atomic E-state index is -1.34. The monoisotopic (exact) mass is 406 g/mol. The highest BCUT2D eigenvalue weighted by Crippen LogP contribution is 2.68. The Bertz CT molecular complexity index is 729. The SMILES string of the molecule is C[C@]12CC[C@H]3[C@@H](C(C(=O)O)C=C4CCCC(C(=O)O)[C@@]43C)[C@@H]1CC[C@@H]2CC(O)O. The Labute approximate surface area is 172 Å². The van der Waals surface area contributed by atoms with Crippen molar-refractivity contribution in [1.82, 2.24) is 0 Å². The van der Waals surface area contributed by atoms with Gasteiger partial charge in [0.1, 0.15) is 0 Å². The number of rotatable bonds is 4. The van der Waals surface area contributed by atoms with Gasteiger partial charge in [0.25, 0.3) is 0 Å². The molecule has 0 amide bonds. The molecule has 0 heterocycles. The van der Waals surface area contributed by atoms with Crippen molar-refractivity contribution < 1.29 is 30.0 Å². The molecule has 3 fully saturated rings. The number of carboxylic acid groups (broad SMARTS) is 2. The molecule has 4 rings (SSSR count). The molecule has 0 aromatic heterocycles. The van der Waals surface area contributed by atoms with E-state index in [2.05, 4.69) is 13.8 Å². The van der Waals surface area contributed by atoms with Gasteiger partial charge in [-0.3, -0.25) is 9.59 Å². The minimum absolute atomic E-state index is 0.0564. The lowest BCUT2D eigenvalue weighted by molar-refractivity contribution is -0.159. The minimum Gasteiger partial charge on any atom is -0.481 e. The fourth-order valence-electron chi connectivity index (χ4n) is 8.14. The van der Waals surface area contributed by atoms with Crippen LogP contribution in [-0.2, 0) is 9.59 Å². The Hall–Kier alpha value is -1.40. The predicted molar refractivity (Wildman–Crippen MR) is 106 cm³/mol. The van der Waals surface area contributed by atoms with Crippen LogP contribution in [0.4, 0.5) is 0 Å². The van der Waals surface area contributed by atoms with Gasteiger partial charge in [0.15, 0.2) is 6.29 Å². The zero-order chi connectivity index (χ0) is 21.1. The Kier molecular flexibility index (Phi) is 5.10. The number of aliphatic carboxylic acids is 2. The van der Waals surface area contributed by atoms with Crippen LogP contribution in [0.3, 0.4) is 0 Å². The molecule has 0 saturated heterocycles. The van der Waals surface area contributed by atoms with Crippen LogP contribution in [0.25, 0.3) is 0 Å². The summed E-state index contributed by atoms with van der Waals surface area (Å²) >= 11 is 0. The van der Waals surface area contributed by atoms with E-state index < -0.39 is 35.5 Å². The summed E-state index contributed by atoms with van der Waals surface area (Å²) in [6, 6.07) is 0. The fraction of sp³-hybridized carbons (Fsp3) is 0.826. The van der Waals surface area contributed by atoms with Crippen LogP contribution in [0.5, 0.6) is 0 Å². The highest BCUT2D eigenvalue weighted by molar-refractivity contribution is 5.75. The number of carbonyl (C=O) groups is 2. The number of aliphatic hydroxyl groups is 2. The lowest BCUT2D eigenvalue weighted by Gasteiger charge is -2.60. The molecule has 2 unspecified atom stereocenters. The Morgan fingerprint density at radius 1 is 1.07 bits per heavy atom. The van der Waals surface area contributed by atoms with Crippen LogP contribution in [-0.4, -0.2) is 38.7 Å². The van der Waals surface area contributed by atoms with Crippen molar-refractivity contribution in [1.29, 1.82) is 0 Å². The molecular weight excluding hydrogens is 372 g/mol. The van der Waals surface area contributed by atoms with E-state index in [0.29, 0.717) is 12.8 Å². The van der Waals surface area contributed by atoms with Gasteiger partial charge >= 0.3 is 11.9 Å².